The fourth-order valence-corrected chi connectivity index (χ4v) is 3.67. The number of benzene rings is 2. The Balaban J connectivity index is 1.36. The van der Waals surface area contributed by atoms with Crippen molar-refractivity contribution in [3.05, 3.63) is 70.0 Å². The standard InChI is InChI=1S/C22H24ClFN2O/c23-19-10-16(6-7-20(19)24)12-25-14-22(8-9-22)18-3-1-2-17(11-18)21(27)26-13-15-4-5-15/h1-3,6-7,10-11,15,25H,4-5,8-9,12-14H2,(H,26,27). The molecule has 5 heteroatoms. The van der Waals surface area contributed by atoms with Crippen molar-refractivity contribution >= 4 is 17.5 Å². The van der Waals surface area contributed by atoms with E-state index < -0.39 is 5.82 Å². The van der Waals surface area contributed by atoms with Crippen LogP contribution in [0.1, 0.15) is 47.2 Å². The van der Waals surface area contributed by atoms with E-state index in [2.05, 4.69) is 16.7 Å². The maximum atomic E-state index is 13.3. The van der Waals surface area contributed by atoms with Crippen LogP contribution < -0.4 is 10.6 Å². The van der Waals surface area contributed by atoms with Crippen molar-refractivity contribution in [2.24, 2.45) is 5.92 Å². The van der Waals surface area contributed by atoms with Gasteiger partial charge in [0.15, 0.2) is 0 Å². The van der Waals surface area contributed by atoms with E-state index in [1.807, 2.05) is 18.2 Å². The summed E-state index contributed by atoms with van der Waals surface area (Å²) < 4.78 is 13.3. The maximum Gasteiger partial charge on any atom is 0.251 e. The molecule has 0 saturated heterocycles. The predicted octanol–water partition coefficient (Wildman–Crippen LogP) is 4.44. The van der Waals surface area contributed by atoms with Gasteiger partial charge in [-0.05, 0) is 67.0 Å². The second kappa shape index (κ2) is 7.61. The highest BCUT2D eigenvalue weighted by molar-refractivity contribution is 6.30. The lowest BCUT2D eigenvalue weighted by molar-refractivity contribution is 0.0951. The van der Waals surface area contributed by atoms with Crippen molar-refractivity contribution in [3.63, 3.8) is 0 Å². The molecule has 2 saturated carbocycles. The molecule has 142 valence electrons. The average molecular weight is 387 g/mol. The van der Waals surface area contributed by atoms with Gasteiger partial charge in [-0.2, -0.15) is 0 Å². The molecule has 0 unspecified atom stereocenters. The number of carbonyl (C=O) groups is 1. The van der Waals surface area contributed by atoms with E-state index in [-0.39, 0.29) is 16.3 Å². The average Bonchev–Trinajstić information content (AvgIpc) is 3.58. The molecule has 1 amide bonds. The molecule has 2 aromatic carbocycles. The molecule has 0 bridgehead atoms. The highest BCUT2D eigenvalue weighted by Crippen LogP contribution is 2.47. The van der Waals surface area contributed by atoms with Gasteiger partial charge in [-0.15, -0.1) is 0 Å². The van der Waals surface area contributed by atoms with Crippen LogP contribution in [0, 0.1) is 11.7 Å². The molecule has 0 heterocycles. The van der Waals surface area contributed by atoms with E-state index in [1.54, 1.807) is 12.1 Å². The number of carbonyl (C=O) groups excluding carboxylic acids is 1. The van der Waals surface area contributed by atoms with Crippen molar-refractivity contribution in [2.75, 3.05) is 13.1 Å². The second-order valence-corrected chi connectivity index (χ2v) is 8.27. The Hall–Kier alpha value is -1.91. The van der Waals surface area contributed by atoms with E-state index in [0.29, 0.717) is 12.5 Å². The van der Waals surface area contributed by atoms with E-state index in [9.17, 15) is 9.18 Å². The second-order valence-electron chi connectivity index (χ2n) is 7.87. The minimum absolute atomic E-state index is 0.0217. The van der Waals surface area contributed by atoms with Gasteiger partial charge in [-0.1, -0.05) is 29.8 Å². The smallest absolute Gasteiger partial charge is 0.251 e. The van der Waals surface area contributed by atoms with Crippen LogP contribution in [0.2, 0.25) is 5.02 Å². The van der Waals surface area contributed by atoms with Crippen molar-refractivity contribution in [3.8, 4) is 0 Å². The SMILES string of the molecule is O=C(NCC1CC1)c1cccc(C2(CNCc3ccc(F)c(Cl)c3)CC2)c1. The molecule has 0 aliphatic heterocycles. The summed E-state index contributed by atoms with van der Waals surface area (Å²) >= 11 is 5.85. The molecule has 0 atom stereocenters. The molecule has 0 radical (unpaired) electrons. The molecular formula is C22H24ClFN2O. The molecule has 0 aromatic heterocycles. The minimum atomic E-state index is -0.393. The first-order valence-electron chi connectivity index (χ1n) is 9.59. The lowest BCUT2D eigenvalue weighted by atomic mass is 9.94. The van der Waals surface area contributed by atoms with Gasteiger partial charge in [0, 0.05) is 30.6 Å². The third-order valence-electron chi connectivity index (χ3n) is 5.62. The maximum absolute atomic E-state index is 13.3. The zero-order chi connectivity index (χ0) is 18.9. The molecule has 4 rings (SSSR count). The van der Waals surface area contributed by atoms with E-state index >= 15 is 0 Å². The minimum Gasteiger partial charge on any atom is -0.352 e. The quantitative estimate of drug-likeness (QED) is 0.704. The Morgan fingerprint density at radius 2 is 2.00 bits per heavy atom. The zero-order valence-electron chi connectivity index (χ0n) is 15.2. The van der Waals surface area contributed by atoms with Crippen molar-refractivity contribution in [1.29, 1.82) is 0 Å². The molecular weight excluding hydrogens is 363 g/mol. The van der Waals surface area contributed by atoms with Crippen LogP contribution >= 0.6 is 11.6 Å². The van der Waals surface area contributed by atoms with Gasteiger partial charge in [-0.3, -0.25) is 4.79 Å². The summed E-state index contributed by atoms with van der Waals surface area (Å²) in [7, 11) is 0. The van der Waals surface area contributed by atoms with Crippen molar-refractivity contribution in [1.82, 2.24) is 10.6 Å². The number of nitrogens with one attached hydrogen (secondary N) is 2. The van der Waals surface area contributed by atoms with Crippen LogP contribution in [0.5, 0.6) is 0 Å². The van der Waals surface area contributed by atoms with Crippen LogP contribution in [-0.2, 0) is 12.0 Å². The van der Waals surface area contributed by atoms with Crippen molar-refractivity contribution < 1.29 is 9.18 Å². The Morgan fingerprint density at radius 3 is 2.70 bits per heavy atom. The fourth-order valence-electron chi connectivity index (χ4n) is 3.47. The summed E-state index contributed by atoms with van der Waals surface area (Å²) in [5.74, 6) is 0.306. The molecule has 2 aliphatic carbocycles. The highest BCUT2D eigenvalue weighted by atomic mass is 35.5. The van der Waals surface area contributed by atoms with Gasteiger partial charge in [0.05, 0.1) is 5.02 Å². The van der Waals surface area contributed by atoms with Crippen LogP contribution in [0.3, 0.4) is 0 Å². The first-order valence-corrected chi connectivity index (χ1v) is 9.97. The van der Waals surface area contributed by atoms with Gasteiger partial charge in [0.1, 0.15) is 5.82 Å². The number of hydrogen-bond donors (Lipinski definition) is 2. The van der Waals surface area contributed by atoms with E-state index in [0.717, 1.165) is 37.1 Å². The lowest BCUT2D eigenvalue weighted by Gasteiger charge is -2.18. The molecule has 2 aliphatic rings. The Bertz CT molecular complexity index is 846. The summed E-state index contributed by atoms with van der Waals surface area (Å²) in [6, 6.07) is 12.8. The molecule has 2 aromatic rings. The van der Waals surface area contributed by atoms with E-state index in [4.69, 9.17) is 11.6 Å². The lowest BCUT2D eigenvalue weighted by Crippen LogP contribution is -2.28. The number of rotatable bonds is 8. The fraction of sp³-hybridized carbons (Fsp3) is 0.409. The Labute approximate surface area is 164 Å². The van der Waals surface area contributed by atoms with Crippen LogP contribution in [0.4, 0.5) is 4.39 Å². The van der Waals surface area contributed by atoms with Gasteiger partial charge in [-0.25, -0.2) is 4.39 Å². The third kappa shape index (κ3) is 4.50. The van der Waals surface area contributed by atoms with Crippen LogP contribution in [-0.4, -0.2) is 19.0 Å². The van der Waals surface area contributed by atoms with Crippen LogP contribution in [0.25, 0.3) is 0 Å². The molecule has 0 spiro atoms. The summed E-state index contributed by atoms with van der Waals surface area (Å²) in [4.78, 5) is 12.4. The molecule has 2 N–H and O–H groups in total. The normalized spacial score (nSPS) is 17.6. The number of halogens is 2. The Kier molecular flexibility index (Phi) is 5.20. The first-order chi connectivity index (χ1) is 13.1. The summed E-state index contributed by atoms with van der Waals surface area (Å²) in [6.45, 7) is 2.26. The molecule has 3 nitrogen and oxygen atoms in total. The number of hydrogen-bond acceptors (Lipinski definition) is 2. The molecule has 27 heavy (non-hydrogen) atoms. The topological polar surface area (TPSA) is 41.1 Å². The van der Waals surface area contributed by atoms with Gasteiger partial charge >= 0.3 is 0 Å². The molecule has 2 fully saturated rings. The highest BCUT2D eigenvalue weighted by Gasteiger charge is 2.43. The largest absolute Gasteiger partial charge is 0.352 e. The van der Waals surface area contributed by atoms with Crippen molar-refractivity contribution in [2.45, 2.75) is 37.6 Å². The van der Waals surface area contributed by atoms with Gasteiger partial charge < -0.3 is 10.6 Å². The van der Waals surface area contributed by atoms with Gasteiger partial charge in [0.2, 0.25) is 0 Å². The monoisotopic (exact) mass is 386 g/mol. The summed E-state index contributed by atoms with van der Waals surface area (Å²) in [5, 5.41) is 6.65. The zero-order valence-corrected chi connectivity index (χ0v) is 16.0. The van der Waals surface area contributed by atoms with Gasteiger partial charge in [0.25, 0.3) is 5.91 Å². The predicted molar refractivity (Wildman–Crippen MR) is 106 cm³/mol. The van der Waals surface area contributed by atoms with Crippen LogP contribution in [0.15, 0.2) is 42.5 Å². The summed E-state index contributed by atoms with van der Waals surface area (Å²) in [5.41, 5.74) is 3.01. The third-order valence-corrected chi connectivity index (χ3v) is 5.91. The Morgan fingerprint density at radius 1 is 1.19 bits per heavy atom. The first kappa shape index (κ1) is 18.5. The van der Waals surface area contributed by atoms with E-state index in [1.165, 1.54) is 24.5 Å². The number of amides is 1. The summed E-state index contributed by atoms with van der Waals surface area (Å²) in [6.07, 6.45) is 4.68.